The lowest BCUT2D eigenvalue weighted by molar-refractivity contribution is -0.298. The minimum atomic E-state index is -1.15. The van der Waals surface area contributed by atoms with Crippen LogP contribution in [-0.2, 0) is 33.3 Å². The highest BCUT2D eigenvalue weighted by molar-refractivity contribution is 6.00. The van der Waals surface area contributed by atoms with Crippen LogP contribution in [0.3, 0.4) is 0 Å². The molecule has 3 aliphatic rings. The van der Waals surface area contributed by atoms with E-state index in [0.29, 0.717) is 32.4 Å². The van der Waals surface area contributed by atoms with E-state index in [4.69, 9.17) is 23.7 Å². The quantitative estimate of drug-likeness (QED) is 0.287. The molecule has 0 aromatic heterocycles. The number of carbonyl (C=O) groups excluding carboxylic acids is 3. The highest BCUT2D eigenvalue weighted by atomic mass is 16.7. The van der Waals surface area contributed by atoms with Gasteiger partial charge in [-0.3, -0.25) is 9.59 Å². The van der Waals surface area contributed by atoms with E-state index in [1.54, 1.807) is 21.0 Å². The number of likely N-dealkylation sites (N-methyl/N-ethyl adjacent to an activating group) is 3. The summed E-state index contributed by atoms with van der Waals surface area (Å²) in [5.74, 6) is -3.02. The lowest BCUT2D eigenvalue weighted by Gasteiger charge is -2.47. The summed E-state index contributed by atoms with van der Waals surface area (Å²) in [6.45, 7) is 17.2. The third-order valence-corrected chi connectivity index (χ3v) is 11.3. The Balaban J connectivity index is 2.06. The second-order valence-electron chi connectivity index (χ2n) is 15.2. The van der Waals surface area contributed by atoms with E-state index in [2.05, 4.69) is 29.0 Å². The topological polar surface area (TPSA) is 139 Å². The number of ketones is 1. The fourth-order valence-corrected chi connectivity index (χ4v) is 7.99. The van der Waals surface area contributed by atoms with Crippen LogP contribution in [0.4, 0.5) is 4.79 Å². The van der Waals surface area contributed by atoms with E-state index < -0.39 is 65.7 Å². The molecule has 3 heterocycles. The van der Waals surface area contributed by atoms with Crippen LogP contribution in [0, 0.1) is 17.8 Å². The van der Waals surface area contributed by atoms with Gasteiger partial charge in [-0.25, -0.2) is 4.79 Å². The minimum absolute atomic E-state index is 0.0418. The molecule has 5 unspecified atom stereocenters. The fraction of sp³-hybridized carbons (Fsp3) is 0.914. The normalized spacial score (nSPS) is 42.5. The first-order valence-corrected chi connectivity index (χ1v) is 17.7. The number of fused-ring (bicyclic) bond motifs is 1. The Morgan fingerprint density at radius 2 is 1.73 bits per heavy atom. The number of hydrogen-bond donors (Lipinski definition) is 2. The smallest absolute Gasteiger partial charge is 0.408 e. The molecule has 13 nitrogen and oxygen atoms in total. The average Bonchev–Trinajstić information content (AvgIpc) is 3.34. The first kappa shape index (κ1) is 40.6. The van der Waals surface area contributed by atoms with Gasteiger partial charge in [0.25, 0.3) is 0 Å². The summed E-state index contributed by atoms with van der Waals surface area (Å²) in [5, 5.41) is 14.5. The predicted molar refractivity (Wildman–Crippen MR) is 181 cm³/mol. The molecule has 3 saturated heterocycles. The molecule has 0 aromatic carbocycles. The van der Waals surface area contributed by atoms with Crippen molar-refractivity contribution >= 4 is 17.8 Å². The number of hydrogen-bond acceptors (Lipinski definition) is 12. The maximum atomic E-state index is 14.2. The van der Waals surface area contributed by atoms with E-state index in [0.717, 1.165) is 6.54 Å². The van der Waals surface area contributed by atoms with Gasteiger partial charge in [-0.05, 0) is 87.6 Å². The van der Waals surface area contributed by atoms with E-state index in [9.17, 15) is 19.5 Å². The molecule has 13 atom stereocenters. The lowest BCUT2D eigenvalue weighted by atomic mass is 9.78. The second kappa shape index (κ2) is 16.4. The Kier molecular flexibility index (Phi) is 13.9. The maximum absolute atomic E-state index is 14.2. The number of nitrogens with zero attached hydrogens (tertiary/aromatic N) is 3. The molecular formula is C35H64N4O9. The first-order chi connectivity index (χ1) is 22.3. The molecular weight excluding hydrogens is 620 g/mol. The van der Waals surface area contributed by atoms with Crippen LogP contribution >= 0.6 is 0 Å². The Morgan fingerprint density at radius 1 is 1.08 bits per heavy atom. The van der Waals surface area contributed by atoms with Gasteiger partial charge in [0.15, 0.2) is 17.7 Å². The molecule has 48 heavy (non-hydrogen) atoms. The zero-order valence-corrected chi connectivity index (χ0v) is 31.6. The molecule has 0 radical (unpaired) electrons. The maximum Gasteiger partial charge on any atom is 0.408 e. The monoisotopic (exact) mass is 684 g/mol. The standard InChI is InChI=1S/C35H64N4O9/c1-14-26-35(8)29(36-33(43)48-35)23(6)39(12)18-20(3)17-34(7,44-13)30(21(4)27(40)22(5)31(42)46-26)47-32-28(41)25(37(9)10)16-24(45-32)19-38(11)15-2/h20-26,28-30,32,41H,14-19H2,1-13H3,(H,36,43)/t20-,21+,22?,23-,24?,25?,26-,28?,29-,30-,32?,34-,35-/m1/s1. The van der Waals surface area contributed by atoms with E-state index in [1.165, 1.54) is 6.92 Å². The molecule has 13 heteroatoms. The van der Waals surface area contributed by atoms with Crippen molar-refractivity contribution in [3.8, 4) is 0 Å². The van der Waals surface area contributed by atoms with Gasteiger partial charge in [0, 0.05) is 38.2 Å². The molecule has 3 rings (SSSR count). The summed E-state index contributed by atoms with van der Waals surface area (Å²) < 4.78 is 31.3. The number of esters is 1. The van der Waals surface area contributed by atoms with Crippen LogP contribution in [-0.4, -0.2) is 153 Å². The molecule has 1 amide bonds. The number of aliphatic hydroxyl groups is 1. The van der Waals surface area contributed by atoms with Gasteiger partial charge >= 0.3 is 12.1 Å². The van der Waals surface area contributed by atoms with Gasteiger partial charge in [-0.2, -0.15) is 0 Å². The number of ether oxygens (including phenoxy) is 5. The molecule has 0 aromatic rings. The molecule has 2 N–H and O–H groups in total. The second-order valence-corrected chi connectivity index (χ2v) is 15.2. The predicted octanol–water partition coefficient (Wildman–Crippen LogP) is 2.52. The Hall–Kier alpha value is -1.87. The summed E-state index contributed by atoms with van der Waals surface area (Å²) in [4.78, 5) is 46.8. The molecule has 3 aliphatic heterocycles. The molecule has 0 spiro atoms. The zero-order valence-electron chi connectivity index (χ0n) is 31.6. The molecule has 0 bridgehead atoms. The highest BCUT2D eigenvalue weighted by Crippen LogP contribution is 2.38. The summed E-state index contributed by atoms with van der Waals surface area (Å²) in [7, 11) is 9.46. The van der Waals surface area contributed by atoms with Gasteiger partial charge in [-0.15, -0.1) is 0 Å². The van der Waals surface area contributed by atoms with Gasteiger partial charge in [0.1, 0.15) is 18.1 Å². The minimum Gasteiger partial charge on any atom is -0.458 e. The number of carbonyl (C=O) groups is 3. The van der Waals surface area contributed by atoms with Crippen molar-refractivity contribution in [1.82, 2.24) is 20.0 Å². The number of Topliss-reactive ketones (excluding diaryl/α,β-unsaturated/α-hetero) is 1. The Labute approximate surface area is 288 Å². The summed E-state index contributed by atoms with van der Waals surface area (Å²) >= 11 is 0. The third kappa shape index (κ3) is 8.70. The van der Waals surface area contributed by atoms with Crippen LogP contribution in [0.2, 0.25) is 0 Å². The fourth-order valence-electron chi connectivity index (χ4n) is 7.99. The van der Waals surface area contributed by atoms with Gasteiger partial charge in [0.05, 0.1) is 23.9 Å². The lowest BCUT2D eigenvalue weighted by Crippen LogP contribution is -2.60. The van der Waals surface area contributed by atoms with Crippen molar-refractivity contribution in [2.24, 2.45) is 17.8 Å². The Morgan fingerprint density at radius 3 is 2.29 bits per heavy atom. The number of alkyl carbamates (subject to hydrolysis) is 1. The average molecular weight is 685 g/mol. The van der Waals surface area contributed by atoms with E-state index in [1.807, 2.05) is 53.9 Å². The third-order valence-electron chi connectivity index (χ3n) is 11.3. The SMILES string of the molecule is CC[C@H]1OC(=O)C(C)C(=O)[C@H](C)[C@@H](OC2OC(CN(C)CC)CC(N(C)C)C2O)[C@](C)(OC)C[C@@H](C)CN(C)[C@H](C)[C@H]2NC(=O)O[C@@]21C. The van der Waals surface area contributed by atoms with Gasteiger partial charge in [-0.1, -0.05) is 27.7 Å². The Bertz CT molecular complexity index is 1110. The van der Waals surface area contributed by atoms with Crippen molar-refractivity contribution in [2.75, 3.05) is 54.9 Å². The van der Waals surface area contributed by atoms with Crippen LogP contribution in [0.15, 0.2) is 0 Å². The van der Waals surface area contributed by atoms with Crippen molar-refractivity contribution in [3.63, 3.8) is 0 Å². The summed E-state index contributed by atoms with van der Waals surface area (Å²) in [5.41, 5.74) is -2.17. The van der Waals surface area contributed by atoms with Crippen LogP contribution < -0.4 is 5.32 Å². The van der Waals surface area contributed by atoms with Crippen LogP contribution in [0.25, 0.3) is 0 Å². The summed E-state index contributed by atoms with van der Waals surface area (Å²) in [6.07, 6.45) is -2.99. The zero-order chi connectivity index (χ0) is 36.3. The number of methoxy groups -OCH3 is 1. The largest absolute Gasteiger partial charge is 0.458 e. The van der Waals surface area contributed by atoms with E-state index >= 15 is 0 Å². The first-order valence-electron chi connectivity index (χ1n) is 17.7. The van der Waals surface area contributed by atoms with Crippen molar-refractivity contribution < 1.29 is 43.2 Å². The molecule has 0 saturated carbocycles. The number of rotatable bonds is 8. The van der Waals surface area contributed by atoms with Crippen molar-refractivity contribution in [1.29, 1.82) is 0 Å². The van der Waals surface area contributed by atoms with Crippen LogP contribution in [0.1, 0.15) is 74.7 Å². The number of nitrogens with one attached hydrogen (secondary N) is 1. The number of cyclic esters (lactones) is 1. The molecule has 0 aliphatic carbocycles. The van der Waals surface area contributed by atoms with Crippen molar-refractivity contribution in [3.05, 3.63) is 0 Å². The highest BCUT2D eigenvalue weighted by Gasteiger charge is 2.56. The number of aliphatic hydroxyl groups excluding tert-OH is 1. The number of amides is 1. The van der Waals surface area contributed by atoms with Crippen molar-refractivity contribution in [2.45, 2.75) is 135 Å². The van der Waals surface area contributed by atoms with Crippen LogP contribution in [0.5, 0.6) is 0 Å². The molecule has 278 valence electrons. The van der Waals surface area contributed by atoms with Gasteiger partial charge < -0.3 is 48.8 Å². The van der Waals surface area contributed by atoms with Gasteiger partial charge in [0.2, 0.25) is 0 Å². The van der Waals surface area contributed by atoms with E-state index in [-0.39, 0.29) is 29.9 Å². The summed E-state index contributed by atoms with van der Waals surface area (Å²) in [6, 6.07) is -0.903. The molecule has 3 fully saturated rings.